The number of piperazine rings is 1. The Bertz CT molecular complexity index is 834. The van der Waals surface area contributed by atoms with Crippen LogP contribution in [0.1, 0.15) is 11.3 Å². The third-order valence-electron chi connectivity index (χ3n) is 4.70. The molecule has 4 nitrogen and oxygen atoms in total. The Hall–Kier alpha value is -2.14. The molecule has 1 aromatic carbocycles. The van der Waals surface area contributed by atoms with Gasteiger partial charge in [-0.3, -0.25) is 0 Å². The number of thiophene rings is 1. The Kier molecular flexibility index (Phi) is 3.65. The van der Waals surface area contributed by atoms with E-state index in [1.54, 1.807) is 6.33 Å². The Labute approximate surface area is 140 Å². The molecule has 0 aliphatic carbocycles. The zero-order chi connectivity index (χ0) is 15.8. The highest BCUT2D eigenvalue weighted by Crippen LogP contribution is 2.31. The summed E-state index contributed by atoms with van der Waals surface area (Å²) in [5, 5.41) is 3.55. The Morgan fingerprint density at radius 2 is 1.74 bits per heavy atom. The molecule has 0 radical (unpaired) electrons. The van der Waals surface area contributed by atoms with E-state index in [4.69, 9.17) is 0 Å². The number of nitrogens with zero attached hydrogens (tertiary/aromatic N) is 4. The van der Waals surface area contributed by atoms with E-state index in [-0.39, 0.29) is 0 Å². The van der Waals surface area contributed by atoms with Gasteiger partial charge < -0.3 is 9.80 Å². The fraction of sp³-hybridized carbons (Fsp3) is 0.333. The van der Waals surface area contributed by atoms with Gasteiger partial charge in [-0.05, 0) is 37.4 Å². The van der Waals surface area contributed by atoms with E-state index in [9.17, 15) is 0 Å². The van der Waals surface area contributed by atoms with Crippen LogP contribution in [0, 0.1) is 13.8 Å². The average molecular weight is 324 g/mol. The highest BCUT2D eigenvalue weighted by Gasteiger charge is 2.21. The van der Waals surface area contributed by atoms with Gasteiger partial charge in [-0.1, -0.05) is 6.07 Å². The van der Waals surface area contributed by atoms with Crippen molar-refractivity contribution in [2.45, 2.75) is 13.8 Å². The zero-order valence-corrected chi connectivity index (χ0v) is 14.3. The Morgan fingerprint density at radius 3 is 2.57 bits per heavy atom. The topological polar surface area (TPSA) is 32.3 Å². The van der Waals surface area contributed by atoms with Crippen LogP contribution in [-0.2, 0) is 0 Å². The lowest BCUT2D eigenvalue weighted by molar-refractivity contribution is 0.646. The molecule has 0 bridgehead atoms. The van der Waals surface area contributed by atoms with Crippen molar-refractivity contribution in [3.05, 3.63) is 47.2 Å². The molecule has 0 spiro atoms. The van der Waals surface area contributed by atoms with Crippen LogP contribution in [0.15, 0.2) is 36.0 Å². The van der Waals surface area contributed by atoms with Crippen LogP contribution in [0.5, 0.6) is 0 Å². The molecule has 0 saturated carbocycles. The van der Waals surface area contributed by atoms with Gasteiger partial charge in [0.2, 0.25) is 0 Å². The average Bonchev–Trinajstić information content (AvgIpc) is 3.06. The summed E-state index contributed by atoms with van der Waals surface area (Å²) in [4.78, 5) is 13.7. The molecule has 0 unspecified atom stereocenters. The molecule has 23 heavy (non-hydrogen) atoms. The van der Waals surface area contributed by atoms with Gasteiger partial charge in [-0.2, -0.15) is 0 Å². The maximum absolute atomic E-state index is 4.50. The van der Waals surface area contributed by atoms with Crippen molar-refractivity contribution in [1.29, 1.82) is 0 Å². The predicted molar refractivity (Wildman–Crippen MR) is 97.8 cm³/mol. The molecule has 0 atom stereocenters. The number of fused-ring (bicyclic) bond motifs is 1. The zero-order valence-electron chi connectivity index (χ0n) is 13.5. The van der Waals surface area contributed by atoms with Crippen LogP contribution in [0.3, 0.4) is 0 Å². The summed E-state index contributed by atoms with van der Waals surface area (Å²) in [6.07, 6.45) is 1.68. The Morgan fingerprint density at radius 1 is 0.957 bits per heavy atom. The lowest BCUT2D eigenvalue weighted by atomic mass is 10.1. The standard InChI is InChI=1S/C18H20N4S/c1-13-14(2)19-12-20-18(13)22-9-7-21(8-10-22)16-4-3-5-17-15(16)6-11-23-17/h3-6,11-12H,7-10H2,1-2H3. The van der Waals surface area contributed by atoms with Crippen LogP contribution in [0.25, 0.3) is 10.1 Å². The number of hydrogen-bond donors (Lipinski definition) is 0. The van der Waals surface area contributed by atoms with Crippen molar-refractivity contribution in [2.24, 2.45) is 0 Å². The number of rotatable bonds is 2. The van der Waals surface area contributed by atoms with Gasteiger partial charge in [0.15, 0.2) is 0 Å². The summed E-state index contributed by atoms with van der Waals surface area (Å²) in [6, 6.07) is 8.84. The second-order valence-electron chi connectivity index (χ2n) is 5.99. The summed E-state index contributed by atoms with van der Waals surface area (Å²) in [7, 11) is 0. The van der Waals surface area contributed by atoms with Gasteiger partial charge >= 0.3 is 0 Å². The molecule has 2 aromatic heterocycles. The van der Waals surface area contributed by atoms with Crippen LogP contribution < -0.4 is 9.80 Å². The first-order valence-corrected chi connectivity index (χ1v) is 8.86. The van der Waals surface area contributed by atoms with Gasteiger partial charge in [-0.25, -0.2) is 9.97 Å². The molecule has 4 rings (SSSR count). The molecule has 3 aromatic rings. The van der Waals surface area contributed by atoms with Crippen molar-refractivity contribution in [3.63, 3.8) is 0 Å². The summed E-state index contributed by atoms with van der Waals surface area (Å²) in [6.45, 7) is 8.21. The number of benzene rings is 1. The fourth-order valence-electron chi connectivity index (χ4n) is 3.26. The normalized spacial score (nSPS) is 15.4. The minimum Gasteiger partial charge on any atom is -0.367 e. The van der Waals surface area contributed by atoms with Gasteiger partial charge in [0, 0.05) is 53.2 Å². The highest BCUT2D eigenvalue weighted by atomic mass is 32.1. The first-order valence-electron chi connectivity index (χ1n) is 7.98. The van der Waals surface area contributed by atoms with Gasteiger partial charge in [0.25, 0.3) is 0 Å². The van der Waals surface area contributed by atoms with Crippen molar-refractivity contribution in [2.75, 3.05) is 36.0 Å². The van der Waals surface area contributed by atoms with E-state index < -0.39 is 0 Å². The SMILES string of the molecule is Cc1ncnc(N2CCN(c3cccc4sccc34)CC2)c1C. The number of hydrogen-bond acceptors (Lipinski definition) is 5. The second-order valence-corrected chi connectivity index (χ2v) is 6.94. The quantitative estimate of drug-likeness (QED) is 0.720. The molecule has 5 heteroatoms. The smallest absolute Gasteiger partial charge is 0.135 e. The van der Waals surface area contributed by atoms with E-state index in [2.05, 4.69) is 56.3 Å². The van der Waals surface area contributed by atoms with E-state index in [1.165, 1.54) is 21.3 Å². The van der Waals surface area contributed by atoms with Crippen molar-refractivity contribution < 1.29 is 0 Å². The van der Waals surface area contributed by atoms with Crippen LogP contribution in [-0.4, -0.2) is 36.1 Å². The molecule has 0 N–H and O–H groups in total. The summed E-state index contributed by atoms with van der Waals surface area (Å²) in [5.74, 6) is 1.09. The maximum atomic E-state index is 4.50. The van der Waals surface area contributed by atoms with Crippen LogP contribution in [0.4, 0.5) is 11.5 Å². The molecule has 1 fully saturated rings. The summed E-state index contributed by atoms with van der Waals surface area (Å²) < 4.78 is 1.37. The third-order valence-corrected chi connectivity index (χ3v) is 5.58. The first kappa shape index (κ1) is 14.5. The number of aromatic nitrogens is 2. The van der Waals surface area contributed by atoms with Gasteiger partial charge in [0.1, 0.15) is 12.1 Å². The van der Waals surface area contributed by atoms with Crippen molar-refractivity contribution in [1.82, 2.24) is 9.97 Å². The summed E-state index contributed by atoms with van der Waals surface area (Å²) in [5.41, 5.74) is 3.63. The molecule has 1 aliphatic rings. The summed E-state index contributed by atoms with van der Waals surface area (Å²) >= 11 is 1.81. The third kappa shape index (κ3) is 2.55. The van der Waals surface area contributed by atoms with E-state index in [0.717, 1.165) is 37.7 Å². The lowest BCUT2D eigenvalue weighted by Crippen LogP contribution is -2.47. The molecular weight excluding hydrogens is 304 g/mol. The van der Waals surface area contributed by atoms with Crippen LogP contribution in [0.2, 0.25) is 0 Å². The minimum absolute atomic E-state index is 0.998. The molecule has 0 amide bonds. The largest absolute Gasteiger partial charge is 0.367 e. The number of aryl methyl sites for hydroxylation is 1. The lowest BCUT2D eigenvalue weighted by Gasteiger charge is -2.37. The number of anilines is 2. The molecule has 3 heterocycles. The molecule has 1 aliphatic heterocycles. The predicted octanol–water partition coefficient (Wildman–Crippen LogP) is 3.63. The monoisotopic (exact) mass is 324 g/mol. The maximum Gasteiger partial charge on any atom is 0.135 e. The van der Waals surface area contributed by atoms with E-state index in [1.807, 2.05) is 18.3 Å². The molecular formula is C18H20N4S. The fourth-order valence-corrected chi connectivity index (χ4v) is 4.06. The van der Waals surface area contributed by atoms with Gasteiger partial charge in [-0.15, -0.1) is 11.3 Å². The van der Waals surface area contributed by atoms with Crippen molar-refractivity contribution in [3.8, 4) is 0 Å². The highest BCUT2D eigenvalue weighted by molar-refractivity contribution is 7.17. The van der Waals surface area contributed by atoms with E-state index >= 15 is 0 Å². The Balaban J connectivity index is 1.55. The second kappa shape index (κ2) is 5.81. The van der Waals surface area contributed by atoms with Crippen LogP contribution >= 0.6 is 11.3 Å². The van der Waals surface area contributed by atoms with E-state index in [0.29, 0.717) is 0 Å². The first-order chi connectivity index (χ1) is 11.2. The molecule has 118 valence electrons. The van der Waals surface area contributed by atoms with Crippen molar-refractivity contribution >= 4 is 32.9 Å². The minimum atomic E-state index is 0.998. The molecule has 1 saturated heterocycles. The van der Waals surface area contributed by atoms with Gasteiger partial charge in [0.05, 0.1) is 0 Å².